The SMILES string of the molecule is COc1cc(/C=C/C(=O)N2CCOCC2)ccc1OC1CCN(C2CCC2)CC1. The van der Waals surface area contributed by atoms with E-state index in [0.717, 1.165) is 43.3 Å². The number of amides is 1. The van der Waals surface area contributed by atoms with E-state index in [1.54, 1.807) is 13.2 Å². The Morgan fingerprint density at radius 2 is 1.83 bits per heavy atom. The fourth-order valence-electron chi connectivity index (χ4n) is 4.23. The maximum Gasteiger partial charge on any atom is 0.246 e. The second-order valence-corrected chi connectivity index (χ2v) is 8.12. The largest absolute Gasteiger partial charge is 0.493 e. The second kappa shape index (κ2) is 9.63. The number of benzene rings is 1. The summed E-state index contributed by atoms with van der Waals surface area (Å²) in [7, 11) is 1.66. The van der Waals surface area contributed by atoms with Crippen molar-refractivity contribution in [3.63, 3.8) is 0 Å². The van der Waals surface area contributed by atoms with Crippen LogP contribution in [0, 0.1) is 0 Å². The van der Waals surface area contributed by atoms with Gasteiger partial charge in [0.1, 0.15) is 6.10 Å². The van der Waals surface area contributed by atoms with Crippen molar-refractivity contribution < 1.29 is 19.0 Å². The van der Waals surface area contributed by atoms with E-state index in [-0.39, 0.29) is 12.0 Å². The lowest BCUT2D eigenvalue weighted by Gasteiger charge is -2.41. The molecule has 29 heavy (non-hydrogen) atoms. The van der Waals surface area contributed by atoms with Crippen molar-refractivity contribution in [2.75, 3.05) is 46.5 Å². The topological polar surface area (TPSA) is 51.2 Å². The molecule has 4 rings (SSSR count). The monoisotopic (exact) mass is 400 g/mol. The molecule has 6 nitrogen and oxygen atoms in total. The molecule has 6 heteroatoms. The van der Waals surface area contributed by atoms with Crippen LogP contribution >= 0.6 is 0 Å². The average Bonchev–Trinajstić information content (AvgIpc) is 2.73. The summed E-state index contributed by atoms with van der Waals surface area (Å²) in [6.07, 6.45) is 9.94. The van der Waals surface area contributed by atoms with Crippen LogP contribution in [0.3, 0.4) is 0 Å². The summed E-state index contributed by atoms with van der Waals surface area (Å²) in [6, 6.07) is 6.68. The highest BCUT2D eigenvalue weighted by atomic mass is 16.5. The van der Waals surface area contributed by atoms with Crippen molar-refractivity contribution in [1.29, 1.82) is 0 Å². The average molecular weight is 401 g/mol. The smallest absolute Gasteiger partial charge is 0.246 e. The Labute approximate surface area is 173 Å². The van der Waals surface area contributed by atoms with Gasteiger partial charge in [0.25, 0.3) is 0 Å². The number of hydrogen-bond acceptors (Lipinski definition) is 5. The molecule has 1 aromatic rings. The zero-order chi connectivity index (χ0) is 20.1. The Bertz CT molecular complexity index is 718. The number of ether oxygens (including phenoxy) is 3. The first kappa shape index (κ1) is 20.2. The predicted molar refractivity (Wildman–Crippen MR) is 112 cm³/mol. The highest BCUT2D eigenvalue weighted by molar-refractivity contribution is 5.91. The Morgan fingerprint density at radius 3 is 2.48 bits per heavy atom. The lowest BCUT2D eigenvalue weighted by molar-refractivity contribution is -0.129. The van der Waals surface area contributed by atoms with Crippen LogP contribution in [0.25, 0.3) is 6.08 Å². The fraction of sp³-hybridized carbons (Fsp3) is 0.609. The first-order valence-corrected chi connectivity index (χ1v) is 10.9. The van der Waals surface area contributed by atoms with E-state index in [2.05, 4.69) is 4.90 Å². The third kappa shape index (κ3) is 5.11. The summed E-state index contributed by atoms with van der Waals surface area (Å²) < 4.78 is 17.1. The predicted octanol–water partition coefficient (Wildman–Crippen LogP) is 2.96. The molecule has 2 saturated heterocycles. The van der Waals surface area contributed by atoms with Crippen LogP contribution in [-0.2, 0) is 9.53 Å². The van der Waals surface area contributed by atoms with Crippen molar-refractivity contribution in [2.45, 2.75) is 44.2 Å². The number of rotatable bonds is 6. The highest BCUT2D eigenvalue weighted by Crippen LogP contribution is 2.32. The molecule has 0 bridgehead atoms. The van der Waals surface area contributed by atoms with E-state index < -0.39 is 0 Å². The summed E-state index contributed by atoms with van der Waals surface area (Å²) in [6.45, 7) is 4.78. The number of hydrogen-bond donors (Lipinski definition) is 0. The van der Waals surface area contributed by atoms with Crippen molar-refractivity contribution in [3.05, 3.63) is 29.8 Å². The van der Waals surface area contributed by atoms with Gasteiger partial charge in [0.2, 0.25) is 5.91 Å². The molecule has 0 radical (unpaired) electrons. The van der Waals surface area contributed by atoms with Crippen LogP contribution in [0.15, 0.2) is 24.3 Å². The quantitative estimate of drug-likeness (QED) is 0.687. The standard InChI is InChI=1S/C23H32N2O4/c1-27-22-17-18(6-8-23(26)25-13-15-28-16-14-25)5-7-21(22)29-20-9-11-24(12-10-20)19-3-2-4-19/h5-8,17,19-20H,2-4,9-16H2,1H3/b8-6+. The second-order valence-electron chi connectivity index (χ2n) is 8.12. The molecule has 158 valence electrons. The van der Waals surface area contributed by atoms with Crippen LogP contribution in [0.4, 0.5) is 0 Å². The Balaban J connectivity index is 1.33. The van der Waals surface area contributed by atoms with Crippen molar-refractivity contribution in [3.8, 4) is 11.5 Å². The van der Waals surface area contributed by atoms with Crippen molar-refractivity contribution in [1.82, 2.24) is 9.80 Å². The Hall–Kier alpha value is -2.05. The summed E-state index contributed by atoms with van der Waals surface area (Å²) in [4.78, 5) is 16.7. The molecular formula is C23H32N2O4. The molecule has 2 aliphatic heterocycles. The number of methoxy groups -OCH3 is 1. The van der Waals surface area contributed by atoms with E-state index >= 15 is 0 Å². The van der Waals surface area contributed by atoms with Crippen LogP contribution in [0.1, 0.15) is 37.7 Å². The van der Waals surface area contributed by atoms with Gasteiger partial charge >= 0.3 is 0 Å². The molecular weight excluding hydrogens is 368 g/mol. The van der Waals surface area contributed by atoms with Gasteiger partial charge in [-0.05, 0) is 49.5 Å². The van der Waals surface area contributed by atoms with Gasteiger partial charge in [0, 0.05) is 38.3 Å². The molecule has 0 spiro atoms. The maximum absolute atomic E-state index is 12.3. The molecule has 2 heterocycles. The summed E-state index contributed by atoms with van der Waals surface area (Å²) >= 11 is 0. The van der Waals surface area contributed by atoms with Crippen LogP contribution in [-0.4, -0.2) is 74.4 Å². The van der Waals surface area contributed by atoms with E-state index in [1.165, 1.54) is 19.3 Å². The molecule has 0 aromatic heterocycles. The van der Waals surface area contributed by atoms with Crippen LogP contribution < -0.4 is 9.47 Å². The normalized spacial score (nSPS) is 21.9. The van der Waals surface area contributed by atoms with Gasteiger partial charge in [-0.3, -0.25) is 4.79 Å². The number of piperidine rings is 1. The third-order valence-corrected chi connectivity index (χ3v) is 6.29. The number of carbonyl (C=O) groups excluding carboxylic acids is 1. The zero-order valence-corrected chi connectivity index (χ0v) is 17.3. The third-order valence-electron chi connectivity index (χ3n) is 6.29. The van der Waals surface area contributed by atoms with Gasteiger partial charge in [0.05, 0.1) is 20.3 Å². The van der Waals surface area contributed by atoms with E-state index in [9.17, 15) is 4.79 Å². The summed E-state index contributed by atoms with van der Waals surface area (Å²) in [5.41, 5.74) is 0.926. The number of likely N-dealkylation sites (tertiary alicyclic amines) is 1. The highest BCUT2D eigenvalue weighted by Gasteiger charge is 2.29. The maximum atomic E-state index is 12.3. The first-order chi connectivity index (χ1) is 14.2. The van der Waals surface area contributed by atoms with Gasteiger partial charge in [-0.2, -0.15) is 0 Å². The van der Waals surface area contributed by atoms with Gasteiger partial charge in [-0.15, -0.1) is 0 Å². The Morgan fingerprint density at radius 1 is 1.07 bits per heavy atom. The molecule has 3 aliphatic rings. The molecule has 1 aromatic carbocycles. The number of nitrogens with zero attached hydrogens (tertiary/aromatic N) is 2. The molecule has 0 unspecified atom stereocenters. The minimum Gasteiger partial charge on any atom is -0.493 e. The Kier molecular flexibility index (Phi) is 6.72. The number of carbonyl (C=O) groups is 1. The summed E-state index contributed by atoms with van der Waals surface area (Å²) in [5.74, 6) is 1.52. The number of morpholine rings is 1. The molecule has 1 amide bonds. The van der Waals surface area contributed by atoms with Crippen LogP contribution in [0.2, 0.25) is 0 Å². The first-order valence-electron chi connectivity index (χ1n) is 10.9. The van der Waals surface area contributed by atoms with Crippen molar-refractivity contribution in [2.24, 2.45) is 0 Å². The van der Waals surface area contributed by atoms with Crippen molar-refractivity contribution >= 4 is 12.0 Å². The van der Waals surface area contributed by atoms with E-state index in [1.807, 2.05) is 29.2 Å². The minimum atomic E-state index is 0.0193. The van der Waals surface area contributed by atoms with E-state index in [0.29, 0.717) is 32.1 Å². The van der Waals surface area contributed by atoms with E-state index in [4.69, 9.17) is 14.2 Å². The summed E-state index contributed by atoms with van der Waals surface area (Å²) in [5, 5.41) is 0. The molecule has 1 saturated carbocycles. The molecule has 0 atom stereocenters. The van der Waals surface area contributed by atoms with Gasteiger partial charge in [-0.25, -0.2) is 0 Å². The van der Waals surface area contributed by atoms with Gasteiger partial charge in [0.15, 0.2) is 11.5 Å². The molecule has 3 fully saturated rings. The minimum absolute atomic E-state index is 0.0193. The molecule has 0 N–H and O–H groups in total. The van der Waals surface area contributed by atoms with Crippen LogP contribution in [0.5, 0.6) is 11.5 Å². The zero-order valence-electron chi connectivity index (χ0n) is 17.3. The van der Waals surface area contributed by atoms with Gasteiger partial charge in [-0.1, -0.05) is 12.5 Å². The lowest BCUT2D eigenvalue weighted by atomic mass is 9.90. The van der Waals surface area contributed by atoms with Gasteiger partial charge < -0.3 is 24.0 Å². The molecule has 1 aliphatic carbocycles. The lowest BCUT2D eigenvalue weighted by Crippen LogP contribution is -2.46. The fourth-order valence-corrected chi connectivity index (χ4v) is 4.23.